The van der Waals surface area contributed by atoms with Crippen molar-refractivity contribution in [3.8, 4) is 27.4 Å². The summed E-state index contributed by atoms with van der Waals surface area (Å²) in [7, 11) is 0. The summed E-state index contributed by atoms with van der Waals surface area (Å²) in [4.78, 5) is 11.4. The monoisotopic (exact) mass is 560 g/mol. The summed E-state index contributed by atoms with van der Waals surface area (Å²) in [6, 6.07) is 13.1. The smallest absolute Gasteiger partial charge is 0.124 e. The lowest BCUT2D eigenvalue weighted by atomic mass is 9.79. The first kappa shape index (κ1) is 27.9. The van der Waals surface area contributed by atoms with E-state index in [2.05, 4.69) is 65.4 Å². The first-order valence-electron chi connectivity index (χ1n) is 15.1. The number of likely N-dealkylation sites (tertiary alicyclic amines) is 1. The number of aliphatic hydroxyl groups is 1. The van der Waals surface area contributed by atoms with Crippen molar-refractivity contribution in [1.29, 1.82) is 0 Å². The van der Waals surface area contributed by atoms with Gasteiger partial charge in [0.1, 0.15) is 10.8 Å². The van der Waals surface area contributed by atoms with Gasteiger partial charge in [-0.25, -0.2) is 4.98 Å². The Bertz CT molecular complexity index is 1320. The summed E-state index contributed by atoms with van der Waals surface area (Å²) in [6.07, 6.45) is 6.06. The number of benzene rings is 2. The van der Waals surface area contributed by atoms with E-state index in [-0.39, 0.29) is 6.61 Å². The van der Waals surface area contributed by atoms with Gasteiger partial charge < -0.3 is 20.1 Å². The van der Waals surface area contributed by atoms with Crippen LogP contribution in [-0.2, 0) is 13.0 Å². The molecule has 2 fully saturated rings. The molecule has 0 radical (unpaired) electrons. The highest BCUT2D eigenvalue weighted by atomic mass is 32.1. The van der Waals surface area contributed by atoms with Gasteiger partial charge in [-0.2, -0.15) is 0 Å². The van der Waals surface area contributed by atoms with E-state index in [0.29, 0.717) is 5.41 Å². The normalized spacial score (nSPS) is 21.7. The van der Waals surface area contributed by atoms with Gasteiger partial charge in [-0.15, -0.1) is 11.3 Å². The fourth-order valence-electron chi connectivity index (χ4n) is 7.03. The summed E-state index contributed by atoms with van der Waals surface area (Å²) in [5, 5.41) is 14.0. The molecule has 0 saturated carbocycles. The fraction of sp³-hybridized carbons (Fsp3) is 0.545. The number of aliphatic hydroxyl groups excluding tert-OH is 1. The number of thiazole rings is 1. The molecule has 0 bridgehead atoms. The van der Waals surface area contributed by atoms with E-state index >= 15 is 0 Å². The Hall–Kier alpha value is -2.29. The van der Waals surface area contributed by atoms with Crippen LogP contribution in [0.1, 0.15) is 47.4 Å². The first-order chi connectivity index (χ1) is 19.5. The molecule has 2 N–H and O–H groups in total. The largest absolute Gasteiger partial charge is 0.493 e. The molecular weight excluding hydrogens is 516 g/mol. The minimum absolute atomic E-state index is 0.210. The van der Waals surface area contributed by atoms with Gasteiger partial charge in [0.05, 0.1) is 18.9 Å². The van der Waals surface area contributed by atoms with E-state index in [1.165, 1.54) is 83.8 Å². The molecule has 3 aromatic rings. The SMILES string of the molecule is Cc1c(OCCCN2CCCC3(CCNC3)C2)cccc1-c1cccc(-c2nc3c(s2)CN(CCO)CC3)c1C. The maximum absolute atomic E-state index is 9.35. The average Bonchev–Trinajstić information content (AvgIpc) is 3.59. The zero-order valence-corrected chi connectivity index (χ0v) is 25.0. The second-order valence-corrected chi connectivity index (χ2v) is 13.1. The number of fused-ring (bicyclic) bond motifs is 1. The molecule has 7 heteroatoms. The molecule has 1 atom stereocenters. The molecule has 1 unspecified atom stereocenters. The molecular formula is C33H44N4O2S. The van der Waals surface area contributed by atoms with Crippen molar-refractivity contribution in [1.82, 2.24) is 20.1 Å². The molecule has 2 saturated heterocycles. The van der Waals surface area contributed by atoms with Crippen molar-refractivity contribution in [2.75, 3.05) is 59.0 Å². The minimum Gasteiger partial charge on any atom is -0.493 e. The number of hydrogen-bond acceptors (Lipinski definition) is 7. The van der Waals surface area contributed by atoms with Gasteiger partial charge in [0, 0.05) is 56.1 Å². The average molecular weight is 561 g/mol. The Balaban J connectivity index is 1.12. The summed E-state index contributed by atoms with van der Waals surface area (Å²) < 4.78 is 6.37. The lowest BCUT2D eigenvalue weighted by molar-refractivity contribution is 0.0982. The van der Waals surface area contributed by atoms with Crippen molar-refractivity contribution in [2.24, 2.45) is 5.41 Å². The lowest BCUT2D eigenvalue weighted by Gasteiger charge is -2.40. The third kappa shape index (κ3) is 5.86. The molecule has 40 heavy (non-hydrogen) atoms. The van der Waals surface area contributed by atoms with Gasteiger partial charge in [-0.3, -0.25) is 4.90 Å². The number of nitrogens with zero attached hydrogens (tertiary/aromatic N) is 3. The standard InChI is InChI=1S/C33H44N4O2S/c1-24-26(7-3-9-28(24)32-35-29-11-17-36(18-19-38)21-31(29)40-32)27-8-4-10-30(25(27)2)39-20-6-16-37-15-5-12-33(23-37)13-14-34-22-33/h3-4,7-10,34,38H,5-6,11-23H2,1-2H3. The molecule has 1 aromatic heterocycles. The van der Waals surface area contributed by atoms with Gasteiger partial charge in [-0.05, 0) is 86.4 Å². The Morgan fingerprint density at radius 1 is 1.00 bits per heavy atom. The number of rotatable bonds is 9. The van der Waals surface area contributed by atoms with Crippen molar-refractivity contribution < 1.29 is 9.84 Å². The summed E-state index contributed by atoms with van der Waals surface area (Å²) >= 11 is 1.81. The molecule has 0 amide bonds. The van der Waals surface area contributed by atoms with Crippen molar-refractivity contribution in [2.45, 2.75) is 52.5 Å². The van der Waals surface area contributed by atoms with Crippen LogP contribution in [0.15, 0.2) is 36.4 Å². The highest BCUT2D eigenvalue weighted by molar-refractivity contribution is 7.15. The molecule has 1 spiro atoms. The zero-order valence-electron chi connectivity index (χ0n) is 24.2. The van der Waals surface area contributed by atoms with Crippen LogP contribution in [0.2, 0.25) is 0 Å². The third-order valence-electron chi connectivity index (χ3n) is 9.31. The van der Waals surface area contributed by atoms with Gasteiger partial charge >= 0.3 is 0 Å². The Labute approximate surface area is 243 Å². The Morgan fingerprint density at radius 3 is 2.65 bits per heavy atom. The van der Waals surface area contributed by atoms with Crippen LogP contribution in [0.4, 0.5) is 0 Å². The maximum Gasteiger partial charge on any atom is 0.124 e. The number of ether oxygens (including phenoxy) is 1. The van der Waals surface area contributed by atoms with Crippen LogP contribution in [0.25, 0.3) is 21.7 Å². The molecule has 0 aliphatic carbocycles. The van der Waals surface area contributed by atoms with Crippen molar-refractivity contribution in [3.05, 3.63) is 58.1 Å². The number of hydrogen-bond donors (Lipinski definition) is 2. The summed E-state index contributed by atoms with van der Waals surface area (Å²) in [5.74, 6) is 0.992. The van der Waals surface area contributed by atoms with Crippen LogP contribution >= 0.6 is 11.3 Å². The van der Waals surface area contributed by atoms with Crippen molar-refractivity contribution >= 4 is 11.3 Å². The Morgan fingerprint density at radius 2 is 1.82 bits per heavy atom. The van der Waals surface area contributed by atoms with E-state index in [1.54, 1.807) is 0 Å². The van der Waals surface area contributed by atoms with E-state index in [1.807, 2.05) is 11.3 Å². The molecule has 214 valence electrons. The van der Waals surface area contributed by atoms with Crippen LogP contribution < -0.4 is 10.1 Å². The van der Waals surface area contributed by atoms with E-state index in [0.717, 1.165) is 56.4 Å². The fourth-order valence-corrected chi connectivity index (χ4v) is 8.27. The highest BCUT2D eigenvalue weighted by Crippen LogP contribution is 2.39. The Kier molecular flexibility index (Phi) is 8.56. The number of β-amino-alcohol motifs (C(OH)–C–C–N with tert-alkyl or cyclic N) is 1. The first-order valence-corrected chi connectivity index (χ1v) is 15.9. The van der Waals surface area contributed by atoms with Gasteiger partial charge in [-0.1, -0.05) is 30.3 Å². The maximum atomic E-state index is 9.35. The predicted molar refractivity (Wildman–Crippen MR) is 164 cm³/mol. The second-order valence-electron chi connectivity index (χ2n) is 12.1. The van der Waals surface area contributed by atoms with E-state index in [4.69, 9.17) is 9.72 Å². The lowest BCUT2D eigenvalue weighted by Crippen LogP contribution is -2.44. The van der Waals surface area contributed by atoms with E-state index in [9.17, 15) is 5.11 Å². The van der Waals surface area contributed by atoms with Gasteiger partial charge in [0.25, 0.3) is 0 Å². The number of nitrogens with one attached hydrogen (secondary N) is 1. The van der Waals surface area contributed by atoms with E-state index < -0.39 is 0 Å². The zero-order chi connectivity index (χ0) is 27.5. The van der Waals surface area contributed by atoms with Crippen LogP contribution in [0, 0.1) is 19.3 Å². The van der Waals surface area contributed by atoms with Crippen LogP contribution in [0.3, 0.4) is 0 Å². The second kappa shape index (κ2) is 12.3. The topological polar surface area (TPSA) is 60.9 Å². The molecule has 4 heterocycles. The summed E-state index contributed by atoms with van der Waals surface area (Å²) in [5.41, 5.74) is 7.92. The van der Waals surface area contributed by atoms with Crippen LogP contribution in [-0.4, -0.2) is 78.9 Å². The van der Waals surface area contributed by atoms with Crippen LogP contribution in [0.5, 0.6) is 5.75 Å². The van der Waals surface area contributed by atoms with Crippen molar-refractivity contribution in [3.63, 3.8) is 0 Å². The number of piperidine rings is 1. The molecule has 3 aliphatic heterocycles. The molecule has 6 nitrogen and oxygen atoms in total. The molecule has 2 aromatic carbocycles. The van der Waals surface area contributed by atoms with Gasteiger partial charge in [0.2, 0.25) is 0 Å². The molecule has 3 aliphatic rings. The third-order valence-corrected chi connectivity index (χ3v) is 10.4. The molecule has 6 rings (SSSR count). The summed E-state index contributed by atoms with van der Waals surface area (Å²) in [6.45, 7) is 13.9. The minimum atomic E-state index is 0.210. The van der Waals surface area contributed by atoms with Gasteiger partial charge in [0.15, 0.2) is 0 Å². The quantitative estimate of drug-likeness (QED) is 0.347. The highest BCUT2D eigenvalue weighted by Gasteiger charge is 2.37. The number of aromatic nitrogens is 1. The predicted octanol–water partition coefficient (Wildman–Crippen LogP) is 5.29.